The van der Waals surface area contributed by atoms with Crippen LogP contribution < -0.4 is 15.4 Å². The van der Waals surface area contributed by atoms with Gasteiger partial charge in [-0.25, -0.2) is 4.79 Å². The maximum absolute atomic E-state index is 13.1. The molecule has 0 unspecified atom stereocenters. The van der Waals surface area contributed by atoms with Gasteiger partial charge in [-0.3, -0.25) is 4.79 Å². The van der Waals surface area contributed by atoms with E-state index in [1.807, 2.05) is 31.2 Å². The Morgan fingerprint density at radius 2 is 1.42 bits per heavy atom. The van der Waals surface area contributed by atoms with E-state index in [1.54, 1.807) is 42.1 Å². The Labute approximate surface area is 246 Å². The van der Waals surface area contributed by atoms with Gasteiger partial charge >= 0.3 is 12.3 Å². The van der Waals surface area contributed by atoms with Crippen LogP contribution in [0, 0.1) is 6.92 Å². The predicted octanol–water partition coefficient (Wildman–Crippen LogP) is 8.23. The van der Waals surface area contributed by atoms with Gasteiger partial charge in [-0.05, 0) is 52.9 Å². The van der Waals surface area contributed by atoms with Crippen molar-refractivity contribution in [2.75, 3.05) is 5.32 Å². The third-order valence-electron chi connectivity index (χ3n) is 6.89. The van der Waals surface area contributed by atoms with Crippen LogP contribution in [-0.4, -0.2) is 16.6 Å². The van der Waals surface area contributed by atoms with E-state index in [4.69, 9.17) is 4.74 Å². The zero-order chi connectivity index (χ0) is 30.6. The molecule has 6 nitrogen and oxygen atoms in total. The first kappa shape index (κ1) is 29.2. The molecule has 0 bridgehead atoms. The maximum atomic E-state index is 13.1. The number of halogens is 3. The highest BCUT2D eigenvalue weighted by Gasteiger charge is 2.30. The van der Waals surface area contributed by atoms with E-state index in [-0.39, 0.29) is 18.0 Å². The quantitative estimate of drug-likeness (QED) is 0.203. The number of nitrogens with one attached hydrogen (secondary N) is 2. The second-order valence-corrected chi connectivity index (χ2v) is 10.1. The summed E-state index contributed by atoms with van der Waals surface area (Å²) in [7, 11) is 1.66. The zero-order valence-electron chi connectivity index (χ0n) is 23.4. The first-order valence-corrected chi connectivity index (χ1v) is 13.4. The van der Waals surface area contributed by atoms with Crippen molar-refractivity contribution in [1.82, 2.24) is 9.88 Å². The molecule has 2 amide bonds. The Morgan fingerprint density at radius 3 is 2.07 bits per heavy atom. The maximum Gasteiger partial charge on any atom is 0.416 e. The van der Waals surface area contributed by atoms with Gasteiger partial charge in [0.1, 0.15) is 0 Å². The third kappa shape index (κ3) is 7.13. The van der Waals surface area contributed by atoms with Gasteiger partial charge in [-0.1, -0.05) is 84.4 Å². The molecule has 0 atom stereocenters. The molecular weight excluding hydrogens is 555 g/mol. The fourth-order valence-electron chi connectivity index (χ4n) is 4.55. The van der Waals surface area contributed by atoms with E-state index >= 15 is 0 Å². The summed E-state index contributed by atoms with van der Waals surface area (Å²) >= 11 is 0. The zero-order valence-corrected chi connectivity index (χ0v) is 23.4. The van der Waals surface area contributed by atoms with Crippen LogP contribution in [0.15, 0.2) is 109 Å². The summed E-state index contributed by atoms with van der Waals surface area (Å²) in [5.74, 6) is -0.260. The van der Waals surface area contributed by atoms with E-state index in [2.05, 4.69) is 34.9 Å². The van der Waals surface area contributed by atoms with Gasteiger partial charge in [-0.2, -0.15) is 13.2 Å². The first-order chi connectivity index (χ1) is 20.6. The number of amides is 2. The van der Waals surface area contributed by atoms with Crippen LogP contribution in [0.3, 0.4) is 0 Å². The molecule has 1 heterocycles. The summed E-state index contributed by atoms with van der Waals surface area (Å²) in [6, 6.07) is 28.9. The number of hydrogen-bond donors (Lipinski definition) is 2. The number of aryl methyl sites for hydroxylation is 2. The molecule has 5 rings (SSSR count). The van der Waals surface area contributed by atoms with Crippen LogP contribution in [0.1, 0.15) is 27.0 Å². The molecule has 0 aliphatic rings. The Bertz CT molecular complexity index is 1740. The van der Waals surface area contributed by atoms with Gasteiger partial charge in [0.15, 0.2) is 0 Å². The number of nitrogens with zero attached hydrogens (tertiary/aromatic N) is 1. The van der Waals surface area contributed by atoms with Crippen molar-refractivity contribution in [3.63, 3.8) is 0 Å². The second kappa shape index (κ2) is 12.3. The van der Waals surface area contributed by atoms with Crippen LogP contribution in [-0.2, 0) is 19.8 Å². The SMILES string of the molecule is Cc1ccc(-c2ccc(CNC(=O)Oc3cc(NC(=O)c4ccccc4-c4ccc(C(F)(F)F)cc4)cn3C)cc2)cc1. The summed E-state index contributed by atoms with van der Waals surface area (Å²) in [5, 5.41) is 5.49. The van der Waals surface area contributed by atoms with E-state index in [9.17, 15) is 22.8 Å². The molecule has 0 spiro atoms. The molecule has 9 heteroatoms. The van der Waals surface area contributed by atoms with Crippen LogP contribution in [0.2, 0.25) is 0 Å². The number of carbonyl (C=O) groups is 2. The Morgan fingerprint density at radius 1 is 0.814 bits per heavy atom. The van der Waals surface area contributed by atoms with Crippen LogP contribution >= 0.6 is 0 Å². The minimum atomic E-state index is -4.45. The molecule has 0 aliphatic heterocycles. The monoisotopic (exact) mass is 583 g/mol. The molecule has 43 heavy (non-hydrogen) atoms. The van der Waals surface area contributed by atoms with E-state index in [0.717, 1.165) is 28.8 Å². The number of anilines is 1. The van der Waals surface area contributed by atoms with Gasteiger partial charge in [0, 0.05) is 31.4 Å². The number of carbonyl (C=O) groups excluding carboxylic acids is 2. The average molecular weight is 584 g/mol. The highest BCUT2D eigenvalue weighted by atomic mass is 19.4. The molecule has 1 aromatic heterocycles. The standard InChI is InChI=1S/C34H28F3N3O3/c1-22-7-11-24(12-8-22)25-13-9-23(10-14-25)20-38-33(42)43-31-19-28(21-40(31)2)39-32(41)30-6-4-3-5-29(30)26-15-17-27(18-16-26)34(35,36)37/h3-19,21H,20H2,1-2H3,(H,38,42)(H,39,41). The molecule has 5 aromatic rings. The van der Waals surface area contributed by atoms with E-state index in [0.29, 0.717) is 16.8 Å². The number of hydrogen-bond acceptors (Lipinski definition) is 3. The lowest BCUT2D eigenvalue weighted by atomic mass is 9.98. The summed E-state index contributed by atoms with van der Waals surface area (Å²) in [5.41, 5.74) is 5.12. The number of alkyl halides is 3. The molecule has 0 saturated heterocycles. The third-order valence-corrected chi connectivity index (χ3v) is 6.89. The highest BCUT2D eigenvalue weighted by molar-refractivity contribution is 6.08. The molecule has 4 aromatic carbocycles. The Balaban J connectivity index is 1.20. The fraction of sp³-hybridized carbons (Fsp3) is 0.118. The Kier molecular flexibility index (Phi) is 8.34. The smallest absolute Gasteiger partial charge is 0.393 e. The van der Waals surface area contributed by atoms with Crippen molar-refractivity contribution < 1.29 is 27.5 Å². The molecule has 0 saturated carbocycles. The molecule has 218 valence electrons. The molecule has 0 fully saturated rings. The normalized spacial score (nSPS) is 11.2. The van der Waals surface area contributed by atoms with Gasteiger partial charge in [0.25, 0.3) is 5.91 Å². The summed E-state index contributed by atoms with van der Waals surface area (Å²) in [6.45, 7) is 2.31. The summed E-state index contributed by atoms with van der Waals surface area (Å²) in [6.07, 6.45) is -3.52. The van der Waals surface area contributed by atoms with Crippen molar-refractivity contribution in [2.24, 2.45) is 7.05 Å². The van der Waals surface area contributed by atoms with Crippen molar-refractivity contribution in [2.45, 2.75) is 19.6 Å². The topological polar surface area (TPSA) is 72.4 Å². The second-order valence-electron chi connectivity index (χ2n) is 10.1. The number of rotatable bonds is 7. The van der Waals surface area contributed by atoms with Crippen molar-refractivity contribution in [1.29, 1.82) is 0 Å². The van der Waals surface area contributed by atoms with E-state index in [1.165, 1.54) is 23.8 Å². The first-order valence-electron chi connectivity index (χ1n) is 13.4. The van der Waals surface area contributed by atoms with Crippen molar-refractivity contribution >= 4 is 17.7 Å². The number of benzene rings is 4. The Hall–Kier alpha value is -5.31. The fourth-order valence-corrected chi connectivity index (χ4v) is 4.55. The van der Waals surface area contributed by atoms with Gasteiger partial charge in [0.05, 0.1) is 11.3 Å². The largest absolute Gasteiger partial charge is 0.416 e. The molecule has 0 radical (unpaired) electrons. The van der Waals surface area contributed by atoms with Crippen LogP contribution in [0.5, 0.6) is 5.88 Å². The average Bonchev–Trinajstić information content (AvgIpc) is 3.34. The molecule has 2 N–H and O–H groups in total. The number of ether oxygens (including phenoxy) is 1. The van der Waals surface area contributed by atoms with Gasteiger partial charge in [0.2, 0.25) is 5.88 Å². The van der Waals surface area contributed by atoms with Gasteiger partial charge in [-0.15, -0.1) is 0 Å². The minimum Gasteiger partial charge on any atom is -0.393 e. The number of aromatic nitrogens is 1. The highest BCUT2D eigenvalue weighted by Crippen LogP contribution is 2.32. The lowest BCUT2D eigenvalue weighted by Gasteiger charge is -2.11. The van der Waals surface area contributed by atoms with Crippen LogP contribution in [0.4, 0.5) is 23.7 Å². The van der Waals surface area contributed by atoms with E-state index < -0.39 is 23.7 Å². The predicted molar refractivity (Wildman–Crippen MR) is 160 cm³/mol. The van der Waals surface area contributed by atoms with Crippen LogP contribution in [0.25, 0.3) is 22.3 Å². The minimum absolute atomic E-state index is 0.207. The van der Waals surface area contributed by atoms with Crippen molar-refractivity contribution in [3.8, 4) is 28.1 Å². The van der Waals surface area contributed by atoms with Crippen molar-refractivity contribution in [3.05, 3.63) is 132 Å². The lowest BCUT2D eigenvalue weighted by molar-refractivity contribution is -0.137. The molecular formula is C34H28F3N3O3. The summed E-state index contributed by atoms with van der Waals surface area (Å²) < 4.78 is 45.9. The van der Waals surface area contributed by atoms with Gasteiger partial charge < -0.3 is 19.9 Å². The lowest BCUT2D eigenvalue weighted by Crippen LogP contribution is -2.26. The molecule has 0 aliphatic carbocycles. The summed E-state index contributed by atoms with van der Waals surface area (Å²) in [4.78, 5) is 25.6.